The van der Waals surface area contributed by atoms with Crippen LogP contribution in [0.1, 0.15) is 34.8 Å². The number of carbonyl (C=O) groups is 1. The number of amides is 1. The summed E-state index contributed by atoms with van der Waals surface area (Å²) in [5.74, 6) is 1.05. The molecule has 3 aromatic carbocycles. The van der Waals surface area contributed by atoms with Crippen LogP contribution in [-0.4, -0.2) is 34.6 Å². The van der Waals surface area contributed by atoms with Crippen molar-refractivity contribution in [2.75, 3.05) is 25.0 Å². The van der Waals surface area contributed by atoms with Gasteiger partial charge < -0.3 is 14.8 Å². The number of rotatable bonds is 11. The van der Waals surface area contributed by atoms with Gasteiger partial charge in [0.25, 0.3) is 15.9 Å². The van der Waals surface area contributed by atoms with Crippen molar-refractivity contribution in [1.82, 2.24) is 5.32 Å². The van der Waals surface area contributed by atoms with Gasteiger partial charge in [-0.15, -0.1) is 0 Å². The number of halogens is 1. The van der Waals surface area contributed by atoms with Crippen LogP contribution in [0.3, 0.4) is 0 Å². The minimum absolute atomic E-state index is 0.145. The van der Waals surface area contributed by atoms with Crippen LogP contribution in [0.25, 0.3) is 0 Å². The Hall–Kier alpha value is -3.23. The number of sulfonamides is 1. The molecule has 0 aliphatic rings. The van der Waals surface area contributed by atoms with Crippen LogP contribution in [0.5, 0.6) is 11.5 Å². The summed E-state index contributed by atoms with van der Waals surface area (Å²) in [5, 5.41) is 3.01. The summed E-state index contributed by atoms with van der Waals surface area (Å²) in [6.45, 7) is 4.81. The summed E-state index contributed by atoms with van der Waals surface area (Å²) < 4.78 is 38.5. The zero-order chi connectivity index (χ0) is 25.4. The summed E-state index contributed by atoms with van der Waals surface area (Å²) in [6.07, 6.45) is 1.46. The summed E-state index contributed by atoms with van der Waals surface area (Å²) in [6, 6.07) is 16.7. The van der Waals surface area contributed by atoms with Crippen molar-refractivity contribution in [2.24, 2.45) is 0 Å². The number of hydrogen-bond acceptors (Lipinski definition) is 5. The lowest BCUT2D eigenvalue weighted by atomic mass is 10.1. The van der Waals surface area contributed by atoms with Gasteiger partial charge in [0.1, 0.15) is 0 Å². The van der Waals surface area contributed by atoms with Crippen LogP contribution in [0.2, 0.25) is 5.02 Å². The lowest BCUT2D eigenvalue weighted by Gasteiger charge is -2.12. The first kappa shape index (κ1) is 26.4. The molecule has 7 nitrogen and oxygen atoms in total. The average Bonchev–Trinajstić information content (AvgIpc) is 2.82. The highest BCUT2D eigenvalue weighted by atomic mass is 35.5. The topological polar surface area (TPSA) is 93.7 Å². The van der Waals surface area contributed by atoms with Crippen molar-refractivity contribution < 1.29 is 22.7 Å². The maximum atomic E-state index is 12.6. The molecular weight excluding hydrogens is 488 g/mol. The summed E-state index contributed by atoms with van der Waals surface area (Å²) in [4.78, 5) is 12.7. The standard InChI is InChI=1S/C26H29ClN2O5S/c1-4-34-24-14-9-19(16-25(24)33-3)6-5-15-28-26(30)22-13-10-20(17-23(22)27)29-35(31,32)21-11-7-18(2)8-12-21/h7-14,16-17,29H,4-6,15H2,1-3H3,(H,28,30). The quantitative estimate of drug-likeness (QED) is 0.341. The van der Waals surface area contributed by atoms with E-state index in [1.807, 2.05) is 32.0 Å². The van der Waals surface area contributed by atoms with Gasteiger partial charge in [-0.1, -0.05) is 35.4 Å². The van der Waals surface area contributed by atoms with E-state index in [9.17, 15) is 13.2 Å². The zero-order valence-electron chi connectivity index (χ0n) is 19.9. The second-order valence-electron chi connectivity index (χ2n) is 7.89. The molecule has 0 bridgehead atoms. The predicted molar refractivity (Wildman–Crippen MR) is 138 cm³/mol. The van der Waals surface area contributed by atoms with Crippen molar-refractivity contribution in [3.8, 4) is 11.5 Å². The third-order valence-electron chi connectivity index (χ3n) is 5.25. The molecule has 3 rings (SSSR count). The van der Waals surface area contributed by atoms with Gasteiger partial charge in [-0.05, 0) is 74.7 Å². The van der Waals surface area contributed by atoms with Gasteiger partial charge in [-0.25, -0.2) is 8.42 Å². The number of hydrogen-bond donors (Lipinski definition) is 2. The van der Waals surface area contributed by atoms with Gasteiger partial charge in [-0.3, -0.25) is 9.52 Å². The molecule has 0 saturated heterocycles. The highest BCUT2D eigenvalue weighted by molar-refractivity contribution is 7.92. The molecule has 0 atom stereocenters. The molecule has 9 heteroatoms. The number of nitrogens with one attached hydrogen (secondary N) is 2. The number of ether oxygens (including phenoxy) is 2. The number of carbonyl (C=O) groups excluding carboxylic acids is 1. The molecule has 0 heterocycles. The molecule has 0 aliphatic heterocycles. The molecule has 3 aromatic rings. The van der Waals surface area contributed by atoms with Crippen molar-refractivity contribution in [3.05, 3.63) is 82.4 Å². The van der Waals surface area contributed by atoms with Crippen LogP contribution < -0.4 is 19.5 Å². The molecule has 0 saturated carbocycles. The van der Waals surface area contributed by atoms with Gasteiger partial charge in [0.2, 0.25) is 0 Å². The Labute approximate surface area is 211 Å². The van der Waals surface area contributed by atoms with Crippen LogP contribution >= 0.6 is 11.6 Å². The normalized spacial score (nSPS) is 11.1. The maximum absolute atomic E-state index is 12.6. The fourth-order valence-electron chi connectivity index (χ4n) is 3.43. The third-order valence-corrected chi connectivity index (χ3v) is 6.96. The van der Waals surface area contributed by atoms with E-state index in [4.69, 9.17) is 21.1 Å². The molecule has 2 N–H and O–H groups in total. The molecule has 0 radical (unpaired) electrons. The van der Waals surface area contributed by atoms with Crippen LogP contribution in [0.4, 0.5) is 5.69 Å². The Morgan fingerprint density at radius 2 is 1.74 bits per heavy atom. The van der Waals surface area contributed by atoms with E-state index in [0.717, 1.165) is 24.0 Å². The summed E-state index contributed by atoms with van der Waals surface area (Å²) >= 11 is 6.28. The van der Waals surface area contributed by atoms with Gasteiger partial charge in [0.15, 0.2) is 11.5 Å². The van der Waals surface area contributed by atoms with Gasteiger partial charge in [-0.2, -0.15) is 0 Å². The SMILES string of the molecule is CCOc1ccc(CCCNC(=O)c2ccc(NS(=O)(=O)c3ccc(C)cc3)cc2Cl)cc1OC. The van der Waals surface area contributed by atoms with Gasteiger partial charge in [0.05, 0.1) is 34.9 Å². The Balaban J connectivity index is 1.55. The maximum Gasteiger partial charge on any atom is 0.261 e. The zero-order valence-corrected chi connectivity index (χ0v) is 21.5. The van der Waals surface area contributed by atoms with Crippen LogP contribution in [-0.2, 0) is 16.4 Å². The van der Waals surface area contributed by atoms with E-state index in [1.165, 1.54) is 30.3 Å². The number of benzene rings is 3. The van der Waals surface area contributed by atoms with E-state index >= 15 is 0 Å². The second-order valence-corrected chi connectivity index (χ2v) is 9.98. The Bertz CT molecular complexity index is 1280. The Morgan fingerprint density at radius 3 is 2.40 bits per heavy atom. The largest absolute Gasteiger partial charge is 0.493 e. The van der Waals surface area contributed by atoms with Crippen molar-refractivity contribution in [1.29, 1.82) is 0 Å². The first-order valence-corrected chi connectivity index (χ1v) is 13.1. The molecule has 186 valence electrons. The predicted octanol–water partition coefficient (Wildman–Crippen LogP) is 5.22. The molecule has 35 heavy (non-hydrogen) atoms. The van der Waals surface area contributed by atoms with Gasteiger partial charge >= 0.3 is 0 Å². The lowest BCUT2D eigenvalue weighted by Crippen LogP contribution is -2.25. The smallest absolute Gasteiger partial charge is 0.261 e. The minimum atomic E-state index is -3.76. The summed E-state index contributed by atoms with van der Waals surface area (Å²) in [7, 11) is -2.16. The van der Waals surface area contributed by atoms with E-state index in [2.05, 4.69) is 10.0 Å². The first-order valence-electron chi connectivity index (χ1n) is 11.2. The molecule has 0 aromatic heterocycles. The van der Waals surface area contributed by atoms with E-state index in [1.54, 1.807) is 19.2 Å². The molecular formula is C26H29ClN2O5S. The van der Waals surface area contributed by atoms with Crippen LogP contribution in [0.15, 0.2) is 65.6 Å². The highest BCUT2D eigenvalue weighted by Crippen LogP contribution is 2.28. The highest BCUT2D eigenvalue weighted by Gasteiger charge is 2.16. The fourth-order valence-corrected chi connectivity index (χ4v) is 4.74. The molecule has 1 amide bonds. The van der Waals surface area contributed by atoms with E-state index in [0.29, 0.717) is 24.7 Å². The molecule has 0 aliphatic carbocycles. The van der Waals surface area contributed by atoms with Crippen molar-refractivity contribution in [2.45, 2.75) is 31.6 Å². The second kappa shape index (κ2) is 12.0. The van der Waals surface area contributed by atoms with Gasteiger partial charge in [0, 0.05) is 6.54 Å². The van der Waals surface area contributed by atoms with Crippen molar-refractivity contribution >= 4 is 33.2 Å². The average molecular weight is 517 g/mol. The first-order chi connectivity index (χ1) is 16.7. The molecule has 0 spiro atoms. The van der Waals surface area contributed by atoms with E-state index < -0.39 is 10.0 Å². The van der Waals surface area contributed by atoms with Crippen LogP contribution in [0, 0.1) is 6.92 Å². The molecule has 0 unspecified atom stereocenters. The number of anilines is 1. The molecule has 0 fully saturated rings. The third kappa shape index (κ3) is 7.13. The lowest BCUT2D eigenvalue weighted by molar-refractivity contribution is 0.0953. The minimum Gasteiger partial charge on any atom is -0.493 e. The number of methoxy groups -OCH3 is 1. The number of aryl methyl sites for hydroxylation is 2. The monoisotopic (exact) mass is 516 g/mol. The summed E-state index contributed by atoms with van der Waals surface area (Å²) in [5.41, 5.74) is 2.58. The Morgan fingerprint density at radius 1 is 1.00 bits per heavy atom. The van der Waals surface area contributed by atoms with E-state index in [-0.39, 0.29) is 27.1 Å². The fraction of sp³-hybridized carbons (Fsp3) is 0.269. The Kier molecular flexibility index (Phi) is 9.01. The van der Waals surface area contributed by atoms with Crippen molar-refractivity contribution in [3.63, 3.8) is 0 Å².